The van der Waals surface area contributed by atoms with Crippen LogP contribution in [0.5, 0.6) is 11.5 Å². The molecular weight excluding hydrogens is 419 g/mol. The molecule has 2 aliphatic heterocycles. The zero-order valence-corrected chi connectivity index (χ0v) is 17.3. The first kappa shape index (κ1) is 20.4. The van der Waals surface area contributed by atoms with Crippen LogP contribution in [-0.2, 0) is 10.0 Å². The lowest BCUT2D eigenvalue weighted by Crippen LogP contribution is -2.37. The Bertz CT molecular complexity index is 976. The third-order valence-corrected chi connectivity index (χ3v) is 6.96. The molecule has 0 saturated carbocycles. The normalized spacial score (nSPS) is 18.0. The van der Waals surface area contributed by atoms with Crippen molar-refractivity contribution in [3.63, 3.8) is 0 Å². The van der Waals surface area contributed by atoms with Crippen molar-refractivity contribution < 1.29 is 22.3 Å². The molecule has 1 N–H and O–H groups in total. The molecule has 1 saturated heterocycles. The molecule has 2 aliphatic rings. The van der Waals surface area contributed by atoms with Gasteiger partial charge in [-0.15, -0.1) is 0 Å². The van der Waals surface area contributed by atoms with Crippen molar-refractivity contribution in [3.8, 4) is 11.5 Å². The summed E-state index contributed by atoms with van der Waals surface area (Å²) in [6, 6.07) is 8.52. The molecule has 2 aromatic rings. The lowest BCUT2D eigenvalue weighted by atomic mass is 10.0. The molecule has 0 unspecified atom stereocenters. The molecule has 0 radical (unpaired) electrons. The van der Waals surface area contributed by atoms with Gasteiger partial charge in [0.15, 0.2) is 11.5 Å². The highest BCUT2D eigenvalue weighted by Gasteiger charge is 2.29. The quantitative estimate of drug-likeness (QED) is 0.746. The van der Waals surface area contributed by atoms with Gasteiger partial charge in [0.25, 0.3) is 0 Å². The highest BCUT2D eigenvalue weighted by Crippen LogP contribution is 2.34. The second-order valence-corrected chi connectivity index (χ2v) is 9.23. The fraction of sp³-hybridized carbons (Fsp3) is 0.400. The maximum absolute atomic E-state index is 14.6. The summed E-state index contributed by atoms with van der Waals surface area (Å²) in [5.41, 5.74) is 0.320. The monoisotopic (exact) mass is 440 g/mol. The van der Waals surface area contributed by atoms with Crippen LogP contribution in [0, 0.1) is 5.82 Å². The first-order chi connectivity index (χ1) is 14.0. The fourth-order valence-corrected chi connectivity index (χ4v) is 5.10. The predicted octanol–water partition coefficient (Wildman–Crippen LogP) is 3.37. The fourth-order valence-electron chi connectivity index (χ4n) is 3.76. The number of ether oxygens (including phenoxy) is 2. The summed E-state index contributed by atoms with van der Waals surface area (Å²) in [6.07, 6.45) is 1.97. The number of hydrogen-bond acceptors (Lipinski definition) is 5. The van der Waals surface area contributed by atoms with Gasteiger partial charge in [0, 0.05) is 23.2 Å². The van der Waals surface area contributed by atoms with Crippen molar-refractivity contribution in [1.82, 2.24) is 9.62 Å². The van der Waals surface area contributed by atoms with E-state index in [0.717, 1.165) is 25.9 Å². The van der Waals surface area contributed by atoms with Crippen LogP contribution in [0.3, 0.4) is 0 Å². The molecule has 29 heavy (non-hydrogen) atoms. The van der Waals surface area contributed by atoms with E-state index < -0.39 is 21.9 Å². The van der Waals surface area contributed by atoms with Gasteiger partial charge in [-0.25, -0.2) is 17.5 Å². The molecule has 156 valence electrons. The van der Waals surface area contributed by atoms with Crippen molar-refractivity contribution in [2.24, 2.45) is 0 Å². The van der Waals surface area contributed by atoms with Gasteiger partial charge in [0.05, 0.1) is 10.9 Å². The summed E-state index contributed by atoms with van der Waals surface area (Å²) in [5, 5.41) is 0.292. The third kappa shape index (κ3) is 4.35. The van der Waals surface area contributed by atoms with Gasteiger partial charge < -0.3 is 9.47 Å². The molecule has 9 heteroatoms. The van der Waals surface area contributed by atoms with Crippen LogP contribution in [0.1, 0.15) is 24.4 Å². The van der Waals surface area contributed by atoms with E-state index in [4.69, 9.17) is 21.1 Å². The topological polar surface area (TPSA) is 67.9 Å². The van der Waals surface area contributed by atoms with Gasteiger partial charge in [-0.1, -0.05) is 17.7 Å². The highest BCUT2D eigenvalue weighted by atomic mass is 35.5. The molecule has 1 fully saturated rings. The van der Waals surface area contributed by atoms with Crippen molar-refractivity contribution in [1.29, 1.82) is 0 Å². The average Bonchev–Trinajstić information content (AvgIpc) is 3.24. The molecule has 4 rings (SSSR count). The zero-order chi connectivity index (χ0) is 20.4. The summed E-state index contributed by atoms with van der Waals surface area (Å²) >= 11 is 6.27. The van der Waals surface area contributed by atoms with E-state index in [9.17, 15) is 12.8 Å². The highest BCUT2D eigenvalue weighted by molar-refractivity contribution is 7.89. The van der Waals surface area contributed by atoms with Gasteiger partial charge in [0.1, 0.15) is 19.0 Å². The molecule has 0 aromatic heterocycles. The Morgan fingerprint density at radius 3 is 2.55 bits per heavy atom. The standard InChI is InChI=1S/C20H22ClFN2O4S/c21-15-4-3-5-16(22)20(15)17(24-8-1-2-9-24)13-23-29(25,26)14-6-7-18-19(12-14)28-11-10-27-18/h3-7,12,17,23H,1-2,8-11,13H2/t17-/m1/s1. The minimum atomic E-state index is -3.83. The van der Waals surface area contributed by atoms with Crippen LogP contribution in [0.15, 0.2) is 41.3 Å². The van der Waals surface area contributed by atoms with Gasteiger partial charge in [-0.2, -0.15) is 0 Å². The number of rotatable bonds is 6. The van der Waals surface area contributed by atoms with E-state index >= 15 is 0 Å². The van der Waals surface area contributed by atoms with Gasteiger partial charge in [-0.05, 0) is 50.2 Å². The lowest BCUT2D eigenvalue weighted by Gasteiger charge is -2.29. The number of benzene rings is 2. The molecule has 2 aromatic carbocycles. The van der Waals surface area contributed by atoms with Crippen LogP contribution < -0.4 is 14.2 Å². The number of fused-ring (bicyclic) bond motifs is 1. The number of hydrogen-bond donors (Lipinski definition) is 1. The largest absolute Gasteiger partial charge is 0.486 e. The second kappa shape index (κ2) is 8.47. The van der Waals surface area contributed by atoms with Gasteiger partial charge in [-0.3, -0.25) is 4.90 Å². The van der Waals surface area contributed by atoms with Crippen molar-refractivity contribution in [3.05, 3.63) is 52.8 Å². The van der Waals surface area contributed by atoms with E-state index in [0.29, 0.717) is 35.3 Å². The Kier molecular flexibility index (Phi) is 5.96. The Morgan fingerprint density at radius 1 is 1.10 bits per heavy atom. The second-order valence-electron chi connectivity index (χ2n) is 7.05. The van der Waals surface area contributed by atoms with Crippen LogP contribution in [0.2, 0.25) is 5.02 Å². The number of likely N-dealkylation sites (tertiary alicyclic amines) is 1. The minimum absolute atomic E-state index is 0.0113. The van der Waals surface area contributed by atoms with Crippen LogP contribution in [0.25, 0.3) is 0 Å². The van der Waals surface area contributed by atoms with Crippen molar-refractivity contribution in [2.45, 2.75) is 23.8 Å². The molecule has 0 bridgehead atoms. The Balaban J connectivity index is 1.58. The van der Waals surface area contributed by atoms with E-state index in [2.05, 4.69) is 9.62 Å². The molecule has 0 spiro atoms. The minimum Gasteiger partial charge on any atom is -0.486 e. The van der Waals surface area contributed by atoms with Crippen molar-refractivity contribution >= 4 is 21.6 Å². The molecule has 1 atom stereocenters. The van der Waals surface area contributed by atoms with Crippen LogP contribution in [0.4, 0.5) is 4.39 Å². The van der Waals surface area contributed by atoms with Gasteiger partial charge >= 0.3 is 0 Å². The van der Waals surface area contributed by atoms with E-state index in [1.807, 2.05) is 0 Å². The molecule has 2 heterocycles. The molecule has 0 aliphatic carbocycles. The number of nitrogens with zero attached hydrogens (tertiary/aromatic N) is 1. The van der Waals surface area contributed by atoms with Gasteiger partial charge in [0.2, 0.25) is 10.0 Å². The lowest BCUT2D eigenvalue weighted by molar-refractivity contribution is 0.171. The number of nitrogens with one attached hydrogen (secondary N) is 1. The van der Waals surface area contributed by atoms with E-state index in [1.165, 1.54) is 18.2 Å². The average molecular weight is 441 g/mol. The Morgan fingerprint density at radius 2 is 1.83 bits per heavy atom. The Hall–Kier alpha value is -1.87. The maximum Gasteiger partial charge on any atom is 0.240 e. The molecular formula is C20H22ClFN2O4S. The number of halogens is 2. The summed E-state index contributed by atoms with van der Waals surface area (Å²) in [6.45, 7) is 2.34. The van der Waals surface area contributed by atoms with Crippen LogP contribution >= 0.6 is 11.6 Å². The predicted molar refractivity (Wildman–Crippen MR) is 108 cm³/mol. The third-order valence-electron chi connectivity index (χ3n) is 5.21. The summed E-state index contributed by atoms with van der Waals surface area (Å²) in [7, 11) is -3.83. The SMILES string of the molecule is O=S(=O)(NC[C@H](c1c(F)cccc1Cl)N1CCCC1)c1ccc2c(c1)OCCO2. The van der Waals surface area contributed by atoms with E-state index in [-0.39, 0.29) is 11.4 Å². The van der Waals surface area contributed by atoms with Crippen LogP contribution in [-0.4, -0.2) is 46.2 Å². The van der Waals surface area contributed by atoms with E-state index in [1.54, 1.807) is 18.2 Å². The zero-order valence-electron chi connectivity index (χ0n) is 15.7. The maximum atomic E-state index is 14.6. The summed E-state index contributed by atoms with van der Waals surface area (Å²) < 4.78 is 53.9. The smallest absolute Gasteiger partial charge is 0.240 e. The summed E-state index contributed by atoms with van der Waals surface area (Å²) in [4.78, 5) is 2.14. The molecule has 0 amide bonds. The Labute approximate surface area is 174 Å². The van der Waals surface area contributed by atoms with Crippen molar-refractivity contribution in [2.75, 3.05) is 32.8 Å². The molecule has 6 nitrogen and oxygen atoms in total. The first-order valence-corrected chi connectivity index (χ1v) is 11.4. The number of sulfonamides is 1. The first-order valence-electron chi connectivity index (χ1n) is 9.53. The summed E-state index contributed by atoms with van der Waals surface area (Å²) in [5.74, 6) is 0.476.